The van der Waals surface area contributed by atoms with Gasteiger partial charge in [-0.3, -0.25) is 4.79 Å². The fraction of sp³-hybridized carbons (Fsp3) is 0.667. The lowest BCUT2D eigenvalue weighted by molar-refractivity contribution is -0.122. The minimum atomic E-state index is -0.691. The summed E-state index contributed by atoms with van der Waals surface area (Å²) in [7, 11) is 0. The quantitative estimate of drug-likeness (QED) is 0.502. The van der Waals surface area contributed by atoms with Crippen LogP contribution in [0.4, 0.5) is 4.79 Å². The number of primary amides is 1. The van der Waals surface area contributed by atoms with Crippen LogP contribution >= 0.6 is 0 Å². The molecule has 5 nitrogen and oxygen atoms in total. The smallest absolute Gasteiger partial charge is 0.312 e. The Balaban J connectivity index is 3.73. The van der Waals surface area contributed by atoms with E-state index in [9.17, 15) is 9.59 Å². The molecule has 1 atom stereocenters. The third-order valence-electron chi connectivity index (χ3n) is 1.10. The summed E-state index contributed by atoms with van der Waals surface area (Å²) >= 11 is 0. The van der Waals surface area contributed by atoms with Gasteiger partial charge >= 0.3 is 6.03 Å². The van der Waals surface area contributed by atoms with Gasteiger partial charge in [-0.1, -0.05) is 0 Å². The number of carbonyl (C=O) groups excluding carboxylic acids is 2. The summed E-state index contributed by atoms with van der Waals surface area (Å²) in [5, 5.41) is 4.80. The number of hydrogen-bond acceptors (Lipinski definition) is 2. The first-order valence-corrected chi connectivity index (χ1v) is 3.41. The normalized spacial score (nSPS) is 11.8. The van der Waals surface area contributed by atoms with Crippen LogP contribution in [0.3, 0.4) is 0 Å². The molecule has 0 aromatic carbocycles. The SMILES string of the molecule is CCNC(=O)[C@H](C)NC(N)=O. The minimum Gasteiger partial charge on any atom is -0.355 e. The monoisotopic (exact) mass is 159 g/mol. The van der Waals surface area contributed by atoms with Crippen LogP contribution in [0.25, 0.3) is 0 Å². The Bertz CT molecular complexity index is 158. The van der Waals surface area contributed by atoms with Gasteiger partial charge in [0.05, 0.1) is 0 Å². The molecule has 3 amide bonds. The van der Waals surface area contributed by atoms with Crippen molar-refractivity contribution in [1.29, 1.82) is 0 Å². The molecule has 0 aliphatic rings. The number of carbonyl (C=O) groups is 2. The molecule has 0 saturated heterocycles. The highest BCUT2D eigenvalue weighted by Crippen LogP contribution is 1.79. The van der Waals surface area contributed by atoms with Crippen LogP contribution in [0.2, 0.25) is 0 Å². The molecule has 0 aromatic rings. The zero-order valence-corrected chi connectivity index (χ0v) is 6.68. The van der Waals surface area contributed by atoms with Crippen molar-refractivity contribution in [3.8, 4) is 0 Å². The van der Waals surface area contributed by atoms with Crippen LogP contribution < -0.4 is 16.4 Å². The highest BCUT2D eigenvalue weighted by atomic mass is 16.2. The summed E-state index contributed by atoms with van der Waals surface area (Å²) in [4.78, 5) is 21.1. The number of urea groups is 1. The fourth-order valence-electron chi connectivity index (χ4n) is 0.606. The second-order valence-electron chi connectivity index (χ2n) is 2.12. The topological polar surface area (TPSA) is 84.2 Å². The number of hydrogen-bond donors (Lipinski definition) is 3. The van der Waals surface area contributed by atoms with Gasteiger partial charge in [0.2, 0.25) is 5.91 Å². The van der Waals surface area contributed by atoms with Crippen LogP contribution in [0.1, 0.15) is 13.8 Å². The zero-order chi connectivity index (χ0) is 8.85. The van der Waals surface area contributed by atoms with Gasteiger partial charge in [0.15, 0.2) is 0 Å². The Labute approximate surface area is 65.3 Å². The first-order chi connectivity index (χ1) is 5.07. The van der Waals surface area contributed by atoms with Gasteiger partial charge in [-0.15, -0.1) is 0 Å². The van der Waals surface area contributed by atoms with Crippen LogP contribution in [0, 0.1) is 0 Å². The average Bonchev–Trinajstić information content (AvgIpc) is 1.86. The van der Waals surface area contributed by atoms with Gasteiger partial charge in [-0.25, -0.2) is 4.79 Å². The van der Waals surface area contributed by atoms with E-state index in [2.05, 4.69) is 10.6 Å². The van der Waals surface area contributed by atoms with Crippen molar-refractivity contribution in [3.05, 3.63) is 0 Å². The van der Waals surface area contributed by atoms with Crippen molar-refractivity contribution in [2.45, 2.75) is 19.9 Å². The standard InChI is InChI=1S/C6H13N3O2/c1-3-8-5(10)4(2)9-6(7)11/h4H,3H2,1-2H3,(H,8,10)(H3,7,9,11)/t4-/m0/s1. The molecular formula is C6H13N3O2. The van der Waals surface area contributed by atoms with Crippen molar-refractivity contribution in [2.24, 2.45) is 5.73 Å². The van der Waals surface area contributed by atoms with E-state index < -0.39 is 12.1 Å². The zero-order valence-electron chi connectivity index (χ0n) is 6.68. The second-order valence-corrected chi connectivity index (χ2v) is 2.12. The molecule has 0 aliphatic carbocycles. The van der Waals surface area contributed by atoms with Crippen molar-refractivity contribution in [2.75, 3.05) is 6.54 Å². The summed E-state index contributed by atoms with van der Waals surface area (Å²) in [6.07, 6.45) is 0. The van der Waals surface area contributed by atoms with E-state index in [1.165, 1.54) is 0 Å². The first-order valence-electron chi connectivity index (χ1n) is 3.41. The van der Waals surface area contributed by atoms with Crippen LogP contribution in [-0.2, 0) is 4.79 Å². The predicted molar refractivity (Wildman–Crippen MR) is 40.9 cm³/mol. The molecule has 0 rings (SSSR count). The molecule has 0 unspecified atom stereocenters. The molecule has 4 N–H and O–H groups in total. The molecule has 64 valence electrons. The van der Waals surface area contributed by atoms with Crippen molar-refractivity contribution >= 4 is 11.9 Å². The molecule has 0 saturated carbocycles. The lowest BCUT2D eigenvalue weighted by Gasteiger charge is -2.10. The van der Waals surface area contributed by atoms with E-state index in [1.807, 2.05) is 0 Å². The number of nitrogens with two attached hydrogens (primary N) is 1. The second kappa shape index (κ2) is 4.54. The number of rotatable bonds is 3. The van der Waals surface area contributed by atoms with E-state index in [1.54, 1.807) is 13.8 Å². The summed E-state index contributed by atoms with van der Waals surface area (Å²) in [6, 6.07) is -1.25. The third-order valence-corrected chi connectivity index (χ3v) is 1.10. The van der Waals surface area contributed by atoms with Crippen molar-refractivity contribution in [1.82, 2.24) is 10.6 Å². The Morgan fingerprint density at radius 1 is 1.55 bits per heavy atom. The number of amides is 3. The predicted octanol–water partition coefficient (Wildman–Crippen LogP) is -0.821. The van der Waals surface area contributed by atoms with Gasteiger partial charge in [-0.05, 0) is 13.8 Å². The highest BCUT2D eigenvalue weighted by Gasteiger charge is 2.11. The van der Waals surface area contributed by atoms with E-state index >= 15 is 0 Å². The summed E-state index contributed by atoms with van der Waals surface area (Å²) in [5.74, 6) is -0.230. The van der Waals surface area contributed by atoms with Gasteiger partial charge in [0.25, 0.3) is 0 Å². The van der Waals surface area contributed by atoms with Gasteiger partial charge in [0, 0.05) is 6.54 Å². The third kappa shape index (κ3) is 4.19. The Morgan fingerprint density at radius 3 is 2.45 bits per heavy atom. The molecule has 0 fully saturated rings. The molecular weight excluding hydrogens is 146 g/mol. The average molecular weight is 159 g/mol. The first kappa shape index (κ1) is 9.74. The molecule has 0 heterocycles. The molecule has 0 spiro atoms. The summed E-state index contributed by atoms with van der Waals surface area (Å²) < 4.78 is 0. The molecule has 0 aliphatic heterocycles. The molecule has 11 heavy (non-hydrogen) atoms. The Kier molecular flexibility index (Phi) is 4.02. The Morgan fingerprint density at radius 2 is 2.09 bits per heavy atom. The lowest BCUT2D eigenvalue weighted by Crippen LogP contribution is -2.46. The molecule has 5 heteroatoms. The van der Waals surface area contributed by atoms with Gasteiger partial charge < -0.3 is 16.4 Å². The van der Waals surface area contributed by atoms with Crippen molar-refractivity contribution in [3.63, 3.8) is 0 Å². The maximum Gasteiger partial charge on any atom is 0.312 e. The fourth-order valence-corrected chi connectivity index (χ4v) is 0.606. The largest absolute Gasteiger partial charge is 0.355 e. The number of nitrogens with one attached hydrogen (secondary N) is 2. The minimum absolute atomic E-state index is 0.230. The molecule has 0 aromatic heterocycles. The van der Waals surface area contributed by atoms with Crippen LogP contribution in [-0.4, -0.2) is 24.5 Å². The van der Waals surface area contributed by atoms with Crippen LogP contribution in [0.15, 0.2) is 0 Å². The summed E-state index contributed by atoms with van der Waals surface area (Å²) in [6.45, 7) is 3.91. The highest BCUT2D eigenvalue weighted by molar-refractivity contribution is 5.85. The van der Waals surface area contributed by atoms with E-state index in [-0.39, 0.29) is 5.91 Å². The van der Waals surface area contributed by atoms with Crippen LogP contribution in [0.5, 0.6) is 0 Å². The lowest BCUT2D eigenvalue weighted by atomic mass is 10.3. The van der Waals surface area contributed by atoms with E-state index in [0.717, 1.165) is 0 Å². The van der Waals surface area contributed by atoms with Crippen molar-refractivity contribution < 1.29 is 9.59 Å². The molecule has 0 radical (unpaired) electrons. The maximum absolute atomic E-state index is 10.9. The Hall–Kier alpha value is -1.26. The summed E-state index contributed by atoms with van der Waals surface area (Å²) in [5.41, 5.74) is 4.80. The van der Waals surface area contributed by atoms with E-state index in [0.29, 0.717) is 6.54 Å². The maximum atomic E-state index is 10.9. The van der Waals surface area contributed by atoms with Gasteiger partial charge in [0.1, 0.15) is 6.04 Å². The van der Waals surface area contributed by atoms with Gasteiger partial charge in [-0.2, -0.15) is 0 Å². The number of likely N-dealkylation sites (N-methyl/N-ethyl adjacent to an activating group) is 1. The molecule has 0 bridgehead atoms. The van der Waals surface area contributed by atoms with E-state index in [4.69, 9.17) is 5.73 Å².